The van der Waals surface area contributed by atoms with Crippen molar-refractivity contribution in [3.8, 4) is 0 Å². The summed E-state index contributed by atoms with van der Waals surface area (Å²) in [5.41, 5.74) is 7.60. The zero-order valence-electron chi connectivity index (χ0n) is 20.5. The number of halogens is 1. The molecule has 0 unspecified atom stereocenters. The van der Waals surface area contributed by atoms with Crippen LogP contribution in [0.25, 0.3) is 0 Å². The normalized spacial score (nSPS) is 12.1. The molecule has 196 valence electrons. The number of carbonyl (C=O) groups is 4. The van der Waals surface area contributed by atoms with Gasteiger partial charge in [-0.3, -0.25) is 24.5 Å². The summed E-state index contributed by atoms with van der Waals surface area (Å²) < 4.78 is 0. The molecule has 0 fully saturated rings. The first kappa shape index (κ1) is 29.1. The molecule has 1 atom stereocenters. The van der Waals surface area contributed by atoms with Gasteiger partial charge >= 0.3 is 5.97 Å². The highest BCUT2D eigenvalue weighted by atomic mass is 35.5. The van der Waals surface area contributed by atoms with Crippen molar-refractivity contribution in [1.29, 1.82) is 0 Å². The van der Waals surface area contributed by atoms with Crippen molar-refractivity contribution < 1.29 is 24.3 Å². The van der Waals surface area contributed by atoms with Gasteiger partial charge in [0.15, 0.2) is 0 Å². The van der Waals surface area contributed by atoms with E-state index in [1.807, 2.05) is 20.8 Å². The molecule has 7 N–H and O–H groups in total. The number of aryl methyl sites for hydroxylation is 1. The predicted octanol–water partition coefficient (Wildman–Crippen LogP) is 2.05. The summed E-state index contributed by atoms with van der Waals surface area (Å²) in [6.45, 7) is 7.00. The first-order chi connectivity index (χ1) is 16.8. The average molecular weight is 539 g/mol. The number of thioether (sulfide) groups is 1. The number of carbonyl (C=O) groups excluding carboxylic acids is 3. The molecule has 0 radical (unpaired) electrons. The van der Waals surface area contributed by atoms with Crippen LogP contribution in [0.15, 0.2) is 18.2 Å². The molecular formula is C23H31ClN6O5S. The number of anilines is 1. The van der Waals surface area contributed by atoms with E-state index >= 15 is 0 Å². The summed E-state index contributed by atoms with van der Waals surface area (Å²) >= 11 is 7.58. The number of carboxylic acid groups (broad SMARTS) is 1. The van der Waals surface area contributed by atoms with Crippen LogP contribution in [0.5, 0.6) is 0 Å². The van der Waals surface area contributed by atoms with E-state index in [0.717, 1.165) is 11.3 Å². The maximum atomic E-state index is 12.8. The number of nitrogens with zero attached hydrogens (tertiary/aromatic N) is 1. The Morgan fingerprint density at radius 2 is 1.92 bits per heavy atom. The topological polar surface area (TPSA) is 179 Å². The van der Waals surface area contributed by atoms with Crippen molar-refractivity contribution in [2.45, 2.75) is 46.0 Å². The van der Waals surface area contributed by atoms with Gasteiger partial charge in [0.1, 0.15) is 6.54 Å². The van der Waals surface area contributed by atoms with Crippen LogP contribution in [-0.2, 0) is 26.7 Å². The lowest BCUT2D eigenvalue weighted by Gasteiger charge is -2.18. The van der Waals surface area contributed by atoms with Gasteiger partial charge in [-0.05, 0) is 24.6 Å². The number of aromatic nitrogens is 2. The summed E-state index contributed by atoms with van der Waals surface area (Å²) in [5, 5.41) is 16.6. The average Bonchev–Trinajstić information content (AvgIpc) is 3.14. The number of benzene rings is 1. The number of carboxylic acids is 1. The Balaban J connectivity index is 1.96. The van der Waals surface area contributed by atoms with Crippen molar-refractivity contribution in [3.05, 3.63) is 45.7 Å². The van der Waals surface area contributed by atoms with Crippen molar-refractivity contribution in [1.82, 2.24) is 20.6 Å². The van der Waals surface area contributed by atoms with Gasteiger partial charge < -0.3 is 26.5 Å². The molecular weight excluding hydrogens is 508 g/mol. The minimum absolute atomic E-state index is 0.109. The SMILES string of the molecule is Cc1[nH]c(NC(=O)c2cc(CNC(=O)C(C)(C)C)ccc2Cl)nc1CSC[C@H](N)C(=O)NCC(=O)O. The van der Waals surface area contributed by atoms with Crippen LogP contribution in [0.3, 0.4) is 0 Å². The summed E-state index contributed by atoms with van der Waals surface area (Å²) in [7, 11) is 0. The number of nitrogens with two attached hydrogens (primary N) is 1. The smallest absolute Gasteiger partial charge is 0.322 e. The summed E-state index contributed by atoms with van der Waals surface area (Å²) in [5.74, 6) is -1.36. The van der Waals surface area contributed by atoms with E-state index in [0.29, 0.717) is 11.4 Å². The third-order valence-corrected chi connectivity index (χ3v) is 6.32. The van der Waals surface area contributed by atoms with Gasteiger partial charge in [-0.1, -0.05) is 38.4 Å². The van der Waals surface area contributed by atoms with Crippen molar-refractivity contribution in [2.75, 3.05) is 17.6 Å². The molecule has 1 aromatic heterocycles. The predicted molar refractivity (Wildman–Crippen MR) is 139 cm³/mol. The third kappa shape index (κ3) is 8.85. The highest BCUT2D eigenvalue weighted by Gasteiger charge is 2.21. The van der Waals surface area contributed by atoms with Crippen LogP contribution in [-0.4, -0.2) is 57.1 Å². The second kappa shape index (κ2) is 12.7. The van der Waals surface area contributed by atoms with E-state index in [2.05, 4.69) is 25.9 Å². The number of H-pyrrole nitrogens is 1. The maximum Gasteiger partial charge on any atom is 0.322 e. The lowest BCUT2D eigenvalue weighted by atomic mass is 9.95. The molecule has 0 spiro atoms. The summed E-state index contributed by atoms with van der Waals surface area (Å²) in [6, 6.07) is 4.08. The van der Waals surface area contributed by atoms with E-state index in [1.54, 1.807) is 25.1 Å². The van der Waals surface area contributed by atoms with Gasteiger partial charge in [0.25, 0.3) is 5.91 Å². The summed E-state index contributed by atoms with van der Waals surface area (Å²) in [6.07, 6.45) is 0. The molecule has 0 bridgehead atoms. The van der Waals surface area contributed by atoms with Crippen LogP contribution in [0.4, 0.5) is 5.95 Å². The van der Waals surface area contributed by atoms with Crippen molar-refractivity contribution in [3.63, 3.8) is 0 Å². The van der Waals surface area contributed by atoms with E-state index < -0.39 is 35.8 Å². The van der Waals surface area contributed by atoms with E-state index in [1.165, 1.54) is 11.8 Å². The quantitative estimate of drug-likeness (QED) is 0.251. The second-order valence-corrected chi connectivity index (χ2v) is 10.5. The largest absolute Gasteiger partial charge is 0.480 e. The fraction of sp³-hybridized carbons (Fsp3) is 0.435. The van der Waals surface area contributed by atoms with Gasteiger partial charge in [-0.2, -0.15) is 11.8 Å². The lowest BCUT2D eigenvalue weighted by Crippen LogP contribution is -2.44. The monoisotopic (exact) mass is 538 g/mol. The second-order valence-electron chi connectivity index (χ2n) is 9.09. The van der Waals surface area contributed by atoms with E-state index in [9.17, 15) is 19.2 Å². The van der Waals surface area contributed by atoms with Crippen molar-refractivity contribution in [2.24, 2.45) is 11.1 Å². The number of rotatable bonds is 11. The molecule has 0 aliphatic carbocycles. The Bertz CT molecular complexity index is 1130. The van der Waals surface area contributed by atoms with Crippen LogP contribution in [0, 0.1) is 12.3 Å². The zero-order valence-corrected chi connectivity index (χ0v) is 22.1. The molecule has 0 aliphatic rings. The molecule has 13 heteroatoms. The van der Waals surface area contributed by atoms with Crippen LogP contribution in [0.1, 0.15) is 48.1 Å². The number of aromatic amines is 1. The van der Waals surface area contributed by atoms with Gasteiger partial charge in [-0.15, -0.1) is 0 Å². The molecule has 36 heavy (non-hydrogen) atoms. The highest BCUT2D eigenvalue weighted by Crippen LogP contribution is 2.21. The van der Waals surface area contributed by atoms with E-state index in [4.69, 9.17) is 22.4 Å². The van der Waals surface area contributed by atoms with Gasteiger partial charge in [0.2, 0.25) is 17.8 Å². The molecule has 1 heterocycles. The maximum absolute atomic E-state index is 12.8. The number of nitrogens with one attached hydrogen (secondary N) is 4. The Kier molecular flexibility index (Phi) is 10.3. The molecule has 1 aromatic carbocycles. The number of imidazole rings is 1. The zero-order chi connectivity index (χ0) is 27.0. The molecule has 2 aromatic rings. The lowest BCUT2D eigenvalue weighted by molar-refractivity contribution is -0.138. The van der Waals surface area contributed by atoms with Crippen molar-refractivity contribution >= 4 is 53.0 Å². The Morgan fingerprint density at radius 3 is 2.56 bits per heavy atom. The molecule has 0 saturated carbocycles. The first-order valence-electron chi connectivity index (χ1n) is 11.0. The molecule has 11 nitrogen and oxygen atoms in total. The number of aliphatic carboxylic acids is 1. The molecule has 3 amide bonds. The summed E-state index contributed by atoms with van der Waals surface area (Å²) in [4.78, 5) is 54.6. The van der Waals surface area contributed by atoms with Crippen LogP contribution >= 0.6 is 23.4 Å². The number of amides is 3. The molecule has 0 saturated heterocycles. The number of hydrogen-bond acceptors (Lipinski definition) is 7. The minimum Gasteiger partial charge on any atom is -0.480 e. The van der Waals surface area contributed by atoms with Gasteiger partial charge in [0.05, 0.1) is 22.3 Å². The Hall–Kier alpha value is -3.09. The molecule has 2 rings (SSSR count). The number of hydrogen-bond donors (Lipinski definition) is 6. The highest BCUT2D eigenvalue weighted by molar-refractivity contribution is 7.98. The van der Waals surface area contributed by atoms with E-state index in [-0.39, 0.29) is 34.7 Å². The Labute approximate surface area is 218 Å². The fourth-order valence-corrected chi connectivity index (χ4v) is 4.03. The van der Waals surface area contributed by atoms with Gasteiger partial charge in [-0.25, -0.2) is 4.98 Å². The Morgan fingerprint density at radius 1 is 1.22 bits per heavy atom. The molecule has 0 aliphatic heterocycles. The first-order valence-corrected chi connectivity index (χ1v) is 12.6. The minimum atomic E-state index is -1.15. The van der Waals surface area contributed by atoms with Crippen LogP contribution in [0.2, 0.25) is 5.02 Å². The van der Waals surface area contributed by atoms with Crippen LogP contribution < -0.4 is 21.7 Å². The fourth-order valence-electron chi connectivity index (χ4n) is 2.83. The third-order valence-electron chi connectivity index (χ3n) is 4.91. The van der Waals surface area contributed by atoms with Gasteiger partial charge in [0, 0.05) is 29.2 Å². The standard InChI is InChI=1S/C23H31ClN6O5S/c1-12-17(11-36-10-16(25)20(34)26-9-18(31)32)29-22(28-12)30-19(33)14-7-13(5-6-15(14)24)8-27-21(35)23(2,3)4/h5-7,16H,8-11,25H2,1-4H3,(H,26,34)(H,27,35)(H,31,32)(H2,28,29,30,33)/t16-/m0/s1.